The molecule has 0 atom stereocenters. The average molecular weight is 463 g/mol. The molecule has 188 valence electrons. The van der Waals surface area contributed by atoms with Crippen molar-refractivity contribution >= 4 is 5.91 Å². The summed E-state index contributed by atoms with van der Waals surface area (Å²) in [6.45, 7) is 0.363. The summed E-state index contributed by atoms with van der Waals surface area (Å²) in [6.07, 6.45) is 28.8. The van der Waals surface area contributed by atoms with Crippen molar-refractivity contribution in [1.29, 1.82) is 0 Å². The van der Waals surface area contributed by atoms with Gasteiger partial charge in [0.05, 0.1) is 14.1 Å². The number of carbonyl (C=O) groups excluding carboxylic acids is 1. The molecule has 0 bridgehead atoms. The maximum Gasteiger partial charge on any atom is 0.264 e. The van der Waals surface area contributed by atoms with E-state index in [0.717, 1.165) is 17.9 Å². The Labute approximate surface area is 200 Å². The predicted molar refractivity (Wildman–Crippen MR) is 130 cm³/mol. The van der Waals surface area contributed by atoms with Gasteiger partial charge < -0.3 is 17.5 Å². The van der Waals surface area contributed by atoms with Gasteiger partial charge in [0.15, 0.2) is 0 Å². The van der Waals surface area contributed by atoms with Gasteiger partial charge in [-0.3, -0.25) is 4.79 Å². The van der Waals surface area contributed by atoms with E-state index < -0.39 is 0 Å². The lowest BCUT2D eigenvalue weighted by molar-refractivity contribution is -0.896. The molecule has 0 rings (SSSR count). The molecule has 0 fully saturated rings. The zero-order valence-electron chi connectivity index (χ0n) is 21.0. The molecule has 0 aliphatic heterocycles. The topological polar surface area (TPSA) is 53.8 Å². The normalized spacial score (nSPS) is 11.0. The minimum absolute atomic E-state index is 0. The second-order valence-corrected chi connectivity index (χ2v) is 9.45. The number of unbranched alkanes of at least 4 members (excludes halogenated alkanes) is 20. The molecule has 31 heavy (non-hydrogen) atoms. The summed E-state index contributed by atoms with van der Waals surface area (Å²) in [6, 6.07) is 0. The highest BCUT2D eigenvalue weighted by Crippen LogP contribution is 2.15. The van der Waals surface area contributed by atoms with E-state index in [1.807, 2.05) is 14.1 Å². The summed E-state index contributed by atoms with van der Waals surface area (Å²) in [5.74, 6) is 0.177. The molecule has 0 spiro atoms. The summed E-state index contributed by atoms with van der Waals surface area (Å²) in [7, 11) is 3.87. The van der Waals surface area contributed by atoms with Crippen LogP contribution in [0, 0.1) is 0 Å². The molecule has 0 aliphatic carbocycles. The van der Waals surface area contributed by atoms with Crippen molar-refractivity contribution in [2.75, 3.05) is 20.7 Å². The second kappa shape index (κ2) is 27.7. The third-order valence-electron chi connectivity index (χ3n) is 5.95. The standard InChI is InChI=1S/C26H54N2O2.ClH/c1-28(2)27-26(30)24-22-20-18-16-14-12-10-8-6-4-3-5-7-9-11-13-15-17-19-21-23-25-29;/h29H,3-25H2,1-2H3,(H,27,30);1H. The maximum absolute atomic E-state index is 11.5. The Morgan fingerprint density at radius 1 is 0.548 bits per heavy atom. The number of hydrogen-bond acceptors (Lipinski definition) is 2. The summed E-state index contributed by atoms with van der Waals surface area (Å²) in [4.78, 5) is 11.5. The van der Waals surface area contributed by atoms with Crippen molar-refractivity contribution in [2.24, 2.45) is 0 Å². The van der Waals surface area contributed by atoms with E-state index in [1.54, 1.807) is 0 Å². The number of aliphatic hydroxyl groups excluding tert-OH is 1. The Kier molecular flexibility index (Phi) is 29.4. The van der Waals surface area contributed by atoms with Gasteiger partial charge >= 0.3 is 0 Å². The third-order valence-corrected chi connectivity index (χ3v) is 5.95. The fraction of sp³-hybridized carbons (Fsp3) is 0.962. The van der Waals surface area contributed by atoms with Gasteiger partial charge in [-0.2, -0.15) is 0 Å². The van der Waals surface area contributed by atoms with E-state index in [2.05, 4.69) is 5.43 Å². The van der Waals surface area contributed by atoms with Crippen LogP contribution < -0.4 is 22.8 Å². The molecule has 0 unspecified atom stereocenters. The molecule has 5 heteroatoms. The predicted octanol–water partition coefficient (Wildman–Crippen LogP) is 2.74. The molecule has 4 nitrogen and oxygen atoms in total. The van der Waals surface area contributed by atoms with Crippen LogP contribution in [0.5, 0.6) is 0 Å². The van der Waals surface area contributed by atoms with Crippen LogP contribution in [0.25, 0.3) is 0 Å². The lowest BCUT2D eigenvalue weighted by atomic mass is 10.0. The summed E-state index contributed by atoms with van der Waals surface area (Å²) < 4.78 is 0. The molecule has 1 amide bonds. The SMILES string of the molecule is C[NH+](C)NC(=O)CCCCCCCCCCCCCCCCCCCCCCCO.[Cl-]. The van der Waals surface area contributed by atoms with E-state index >= 15 is 0 Å². The highest BCUT2D eigenvalue weighted by molar-refractivity contribution is 5.74. The fourth-order valence-electron chi connectivity index (χ4n) is 4.10. The molecule has 0 aliphatic rings. The van der Waals surface area contributed by atoms with Crippen LogP contribution in [0.4, 0.5) is 0 Å². The average Bonchev–Trinajstić information content (AvgIpc) is 2.71. The number of amides is 1. The van der Waals surface area contributed by atoms with E-state index in [-0.39, 0.29) is 18.3 Å². The highest BCUT2D eigenvalue weighted by atomic mass is 35.5. The van der Waals surface area contributed by atoms with Crippen LogP contribution in [0.3, 0.4) is 0 Å². The van der Waals surface area contributed by atoms with Crippen molar-refractivity contribution in [2.45, 2.75) is 141 Å². The minimum atomic E-state index is 0. The van der Waals surface area contributed by atoms with Gasteiger partial charge in [0.1, 0.15) is 0 Å². The van der Waals surface area contributed by atoms with Crippen molar-refractivity contribution in [3.8, 4) is 0 Å². The summed E-state index contributed by atoms with van der Waals surface area (Å²) in [5.41, 5.74) is 2.88. The first-order valence-corrected chi connectivity index (χ1v) is 13.4. The van der Waals surface area contributed by atoms with Crippen LogP contribution in [-0.4, -0.2) is 31.7 Å². The lowest BCUT2D eigenvalue weighted by Crippen LogP contribution is -3.13. The first kappa shape index (κ1) is 32.9. The quantitative estimate of drug-likeness (QED) is 0.152. The molecule has 0 aromatic heterocycles. The summed E-state index contributed by atoms with van der Waals surface area (Å²) in [5, 5.41) is 9.74. The second-order valence-electron chi connectivity index (χ2n) is 9.45. The van der Waals surface area contributed by atoms with Crippen LogP contribution in [-0.2, 0) is 4.79 Å². The lowest BCUT2D eigenvalue weighted by Gasteiger charge is -2.08. The number of rotatable bonds is 24. The highest BCUT2D eigenvalue weighted by Gasteiger charge is 2.03. The Bertz CT molecular complexity index is 354. The Balaban J connectivity index is 0. The van der Waals surface area contributed by atoms with Crippen molar-refractivity contribution in [1.82, 2.24) is 5.43 Å². The number of halogens is 1. The smallest absolute Gasteiger partial charge is 0.264 e. The van der Waals surface area contributed by atoms with E-state index in [0.29, 0.717) is 13.0 Å². The molecule has 0 heterocycles. The van der Waals surface area contributed by atoms with E-state index in [1.165, 1.54) is 122 Å². The maximum atomic E-state index is 11.5. The van der Waals surface area contributed by atoms with Crippen LogP contribution in [0.15, 0.2) is 0 Å². The van der Waals surface area contributed by atoms with Gasteiger partial charge in [-0.1, -0.05) is 122 Å². The van der Waals surface area contributed by atoms with Crippen molar-refractivity contribution < 1.29 is 27.3 Å². The van der Waals surface area contributed by atoms with Gasteiger partial charge in [-0.25, -0.2) is 10.4 Å². The largest absolute Gasteiger partial charge is 1.00 e. The molecule has 0 aromatic rings. The zero-order chi connectivity index (χ0) is 22.1. The third kappa shape index (κ3) is 29.7. The van der Waals surface area contributed by atoms with E-state index in [4.69, 9.17) is 5.11 Å². The van der Waals surface area contributed by atoms with Crippen LogP contribution in [0.2, 0.25) is 0 Å². The van der Waals surface area contributed by atoms with Gasteiger partial charge in [-0.15, -0.1) is 0 Å². The molecule has 0 aromatic carbocycles. The number of hydrogen-bond donors (Lipinski definition) is 3. The molecule has 3 N–H and O–H groups in total. The van der Waals surface area contributed by atoms with Crippen LogP contribution >= 0.6 is 0 Å². The monoisotopic (exact) mass is 462 g/mol. The Morgan fingerprint density at radius 3 is 1.06 bits per heavy atom. The van der Waals surface area contributed by atoms with Crippen LogP contribution in [0.1, 0.15) is 141 Å². The molecular formula is C26H55ClN2O2. The number of carbonyl (C=O) groups is 1. The minimum Gasteiger partial charge on any atom is -1.00 e. The first-order chi connectivity index (χ1) is 14.7. The number of nitrogens with one attached hydrogen (secondary N) is 2. The molecule has 0 saturated carbocycles. The Hall–Kier alpha value is -0.320. The first-order valence-electron chi connectivity index (χ1n) is 13.4. The summed E-state index contributed by atoms with van der Waals surface area (Å²) >= 11 is 0. The molecule has 0 radical (unpaired) electrons. The van der Waals surface area contributed by atoms with Gasteiger partial charge in [0, 0.05) is 13.0 Å². The molecule has 0 saturated heterocycles. The number of aliphatic hydroxyl groups is 1. The Morgan fingerprint density at radius 2 is 0.806 bits per heavy atom. The van der Waals surface area contributed by atoms with E-state index in [9.17, 15) is 4.79 Å². The van der Waals surface area contributed by atoms with Gasteiger partial charge in [0.2, 0.25) is 0 Å². The van der Waals surface area contributed by atoms with Gasteiger partial charge in [0.25, 0.3) is 5.91 Å². The number of quaternary nitrogens is 1. The van der Waals surface area contributed by atoms with Gasteiger partial charge in [-0.05, 0) is 12.8 Å². The fourth-order valence-corrected chi connectivity index (χ4v) is 4.10. The van der Waals surface area contributed by atoms with Crippen molar-refractivity contribution in [3.05, 3.63) is 0 Å². The zero-order valence-corrected chi connectivity index (χ0v) is 21.8. The van der Waals surface area contributed by atoms with Crippen molar-refractivity contribution in [3.63, 3.8) is 0 Å². The molecular weight excluding hydrogens is 408 g/mol.